The first kappa shape index (κ1) is 10.0. The molecule has 0 aromatic carbocycles. The van der Waals surface area contributed by atoms with Crippen molar-refractivity contribution in [1.82, 2.24) is 0 Å². The highest BCUT2D eigenvalue weighted by Crippen LogP contribution is 1.92. The van der Waals surface area contributed by atoms with Gasteiger partial charge in [-0.1, -0.05) is 13.3 Å². The molecule has 0 spiro atoms. The van der Waals surface area contributed by atoms with Gasteiger partial charge in [0.25, 0.3) is 0 Å². The van der Waals surface area contributed by atoms with Gasteiger partial charge in [0.2, 0.25) is 0 Å². The summed E-state index contributed by atoms with van der Waals surface area (Å²) < 4.78 is 4.68. The first-order valence-electron chi connectivity index (χ1n) is 3.69. The number of unbranched alkanes of at least 4 members (excludes halogenated alkanes) is 1. The van der Waals surface area contributed by atoms with Gasteiger partial charge in [0.1, 0.15) is 0 Å². The fourth-order valence-corrected chi connectivity index (χ4v) is 0.525. The van der Waals surface area contributed by atoms with E-state index in [-0.39, 0.29) is 5.76 Å². The van der Waals surface area contributed by atoms with Gasteiger partial charge in [0.15, 0.2) is 5.76 Å². The van der Waals surface area contributed by atoms with Crippen LogP contribution in [0.15, 0.2) is 11.8 Å². The average Bonchev–Trinajstić information content (AvgIpc) is 1.86. The normalized spacial score (nSPS) is 11.3. The minimum atomic E-state index is -0.536. The average molecular weight is 157 g/mol. The van der Waals surface area contributed by atoms with Gasteiger partial charge in [0, 0.05) is 0 Å². The molecular weight excluding hydrogens is 144 g/mol. The molecule has 0 rings (SSSR count). The Morgan fingerprint density at radius 1 is 1.55 bits per heavy atom. The van der Waals surface area contributed by atoms with Gasteiger partial charge < -0.3 is 4.74 Å². The molecule has 0 aliphatic rings. The van der Waals surface area contributed by atoms with Gasteiger partial charge >= 0.3 is 5.97 Å². The molecule has 0 unspecified atom stereocenters. The molecule has 0 atom stereocenters. The number of carbonyl (C=O) groups excluding carboxylic acids is 1. The van der Waals surface area contributed by atoms with Crippen LogP contribution in [-0.4, -0.2) is 12.6 Å². The monoisotopic (exact) mass is 157 g/mol. The summed E-state index contributed by atoms with van der Waals surface area (Å²) >= 11 is 0. The molecule has 0 amide bonds. The Labute approximate surface area is 66.7 Å². The van der Waals surface area contributed by atoms with E-state index in [4.69, 9.17) is 0 Å². The van der Waals surface area contributed by atoms with Crippen molar-refractivity contribution in [3.63, 3.8) is 0 Å². The molecule has 63 valence electrons. The summed E-state index contributed by atoms with van der Waals surface area (Å²) in [6, 6.07) is 0. The summed E-state index contributed by atoms with van der Waals surface area (Å²) in [5, 5.41) is 10.3. The van der Waals surface area contributed by atoms with Crippen LogP contribution in [0, 0.1) is 0 Å². The zero-order valence-electron chi connectivity index (χ0n) is 6.92. The van der Waals surface area contributed by atoms with Crippen molar-refractivity contribution in [2.24, 2.45) is 0 Å². The lowest BCUT2D eigenvalue weighted by molar-refractivity contribution is -0.138. The fourth-order valence-electron chi connectivity index (χ4n) is 0.525. The number of allylic oxidation sites excluding steroid dienone is 1. The van der Waals surface area contributed by atoms with Crippen LogP contribution >= 0.6 is 0 Å². The number of rotatable bonds is 4. The number of hydrogen-bond donors (Lipinski definition) is 0. The van der Waals surface area contributed by atoms with E-state index < -0.39 is 5.97 Å². The summed E-state index contributed by atoms with van der Waals surface area (Å²) in [4.78, 5) is 10.6. The largest absolute Gasteiger partial charge is 0.462 e. The molecule has 3 nitrogen and oxygen atoms in total. The van der Waals surface area contributed by atoms with E-state index in [2.05, 4.69) is 4.74 Å². The molecule has 0 saturated heterocycles. The van der Waals surface area contributed by atoms with Gasteiger partial charge in [-0.15, -0.1) is 0 Å². The zero-order chi connectivity index (χ0) is 8.69. The van der Waals surface area contributed by atoms with Crippen LogP contribution in [0.4, 0.5) is 0 Å². The smallest absolute Gasteiger partial charge is 0.334 e. The molecule has 0 N–H and O–H groups in total. The molecule has 0 aliphatic carbocycles. The van der Waals surface area contributed by atoms with Crippen LogP contribution in [0.3, 0.4) is 0 Å². The number of carbonyl (C=O) groups is 1. The number of esters is 1. The Bertz CT molecular complexity index is 145. The maximum absolute atomic E-state index is 10.6. The second-order valence-corrected chi connectivity index (χ2v) is 2.28. The van der Waals surface area contributed by atoms with Gasteiger partial charge in [-0.05, 0) is 13.3 Å². The van der Waals surface area contributed by atoms with Crippen LogP contribution in [0.5, 0.6) is 0 Å². The van der Waals surface area contributed by atoms with E-state index >= 15 is 0 Å². The summed E-state index contributed by atoms with van der Waals surface area (Å²) in [5.41, 5.74) is 0. The van der Waals surface area contributed by atoms with E-state index in [1.54, 1.807) is 0 Å². The van der Waals surface area contributed by atoms with Crippen molar-refractivity contribution < 1.29 is 14.6 Å². The third-order valence-electron chi connectivity index (χ3n) is 1.06. The van der Waals surface area contributed by atoms with Crippen LogP contribution in [-0.2, 0) is 14.6 Å². The molecular formula is C8H13O3. The third-order valence-corrected chi connectivity index (χ3v) is 1.06. The second-order valence-electron chi connectivity index (χ2n) is 2.28. The van der Waals surface area contributed by atoms with Gasteiger partial charge in [-0.2, -0.15) is 0 Å². The molecule has 0 fully saturated rings. The van der Waals surface area contributed by atoms with Crippen molar-refractivity contribution >= 4 is 5.97 Å². The predicted molar refractivity (Wildman–Crippen MR) is 40.3 cm³/mol. The quantitative estimate of drug-likeness (QED) is 0.269. The maximum Gasteiger partial charge on any atom is 0.334 e. The molecule has 0 bridgehead atoms. The predicted octanol–water partition coefficient (Wildman–Crippen LogP) is 1.66. The van der Waals surface area contributed by atoms with Crippen LogP contribution < -0.4 is 0 Å². The van der Waals surface area contributed by atoms with E-state index in [1.165, 1.54) is 6.92 Å². The highest BCUT2D eigenvalue weighted by Gasteiger charge is 1.97. The van der Waals surface area contributed by atoms with Crippen molar-refractivity contribution in [1.29, 1.82) is 0 Å². The molecule has 3 heteroatoms. The minimum absolute atomic E-state index is 0.272. The van der Waals surface area contributed by atoms with Crippen LogP contribution in [0.1, 0.15) is 26.7 Å². The highest BCUT2D eigenvalue weighted by atomic mass is 16.5. The lowest BCUT2D eigenvalue weighted by Gasteiger charge is -1.98. The maximum atomic E-state index is 10.6. The first-order valence-corrected chi connectivity index (χ1v) is 3.69. The Balaban J connectivity index is 3.46. The second kappa shape index (κ2) is 5.77. The fraction of sp³-hybridized carbons (Fsp3) is 0.625. The summed E-state index contributed by atoms with van der Waals surface area (Å²) in [7, 11) is 0. The first-order chi connectivity index (χ1) is 5.16. The Morgan fingerprint density at radius 3 is 2.64 bits per heavy atom. The standard InChI is InChI=1S/C8H13O3/c1-3-4-5-11-8(10)6-7(2)9/h6H,3-5H2,1-2H3. The Morgan fingerprint density at radius 2 is 2.18 bits per heavy atom. The summed E-state index contributed by atoms with van der Waals surface area (Å²) in [6.45, 7) is 3.72. The summed E-state index contributed by atoms with van der Waals surface area (Å²) in [5.74, 6) is -0.808. The number of ether oxygens (including phenoxy) is 1. The van der Waals surface area contributed by atoms with Gasteiger partial charge in [-0.3, -0.25) is 5.11 Å². The molecule has 1 radical (unpaired) electrons. The third kappa shape index (κ3) is 6.90. The Hall–Kier alpha value is -0.990. The van der Waals surface area contributed by atoms with Gasteiger partial charge in [0.05, 0.1) is 12.7 Å². The summed E-state index contributed by atoms with van der Waals surface area (Å²) in [6.07, 6.45) is 2.78. The molecule has 0 aromatic rings. The van der Waals surface area contributed by atoms with Gasteiger partial charge in [-0.25, -0.2) is 4.79 Å². The minimum Gasteiger partial charge on any atom is -0.462 e. The van der Waals surface area contributed by atoms with Crippen LogP contribution in [0.2, 0.25) is 0 Å². The molecule has 0 heterocycles. The van der Waals surface area contributed by atoms with Crippen molar-refractivity contribution in [3.8, 4) is 0 Å². The van der Waals surface area contributed by atoms with Crippen molar-refractivity contribution in [2.75, 3.05) is 6.61 Å². The van der Waals surface area contributed by atoms with Crippen molar-refractivity contribution in [2.45, 2.75) is 26.7 Å². The lowest BCUT2D eigenvalue weighted by Crippen LogP contribution is -2.02. The Kier molecular flexibility index (Phi) is 5.25. The molecule has 0 aromatic heterocycles. The van der Waals surface area contributed by atoms with E-state index in [1.807, 2.05) is 6.92 Å². The molecule has 0 aliphatic heterocycles. The zero-order valence-corrected chi connectivity index (χ0v) is 6.92. The van der Waals surface area contributed by atoms with E-state index in [9.17, 15) is 9.90 Å². The SMILES string of the molecule is CCCCOC(=O)C=C(C)[O]. The molecule has 11 heavy (non-hydrogen) atoms. The van der Waals surface area contributed by atoms with E-state index in [0.29, 0.717) is 6.61 Å². The topological polar surface area (TPSA) is 46.2 Å². The lowest BCUT2D eigenvalue weighted by atomic mass is 10.4. The molecule has 0 saturated carbocycles. The number of hydrogen-bond acceptors (Lipinski definition) is 2. The van der Waals surface area contributed by atoms with Crippen LogP contribution in [0.25, 0.3) is 0 Å². The van der Waals surface area contributed by atoms with Crippen molar-refractivity contribution in [3.05, 3.63) is 11.8 Å². The highest BCUT2D eigenvalue weighted by molar-refractivity contribution is 5.82. The van der Waals surface area contributed by atoms with E-state index in [0.717, 1.165) is 18.9 Å².